The number of thiazole rings is 1. The van der Waals surface area contributed by atoms with Gasteiger partial charge in [0.1, 0.15) is 10.8 Å². The van der Waals surface area contributed by atoms with Crippen LogP contribution < -0.4 is 0 Å². The molecule has 2 heterocycles. The van der Waals surface area contributed by atoms with Crippen molar-refractivity contribution >= 4 is 35.0 Å². The molecule has 1 amide bonds. The van der Waals surface area contributed by atoms with Crippen molar-refractivity contribution in [2.45, 2.75) is 25.9 Å². The highest BCUT2D eigenvalue weighted by molar-refractivity contribution is 7.56. The van der Waals surface area contributed by atoms with Crippen molar-refractivity contribution in [3.63, 3.8) is 0 Å². The zero-order valence-corrected chi connectivity index (χ0v) is 17.1. The molecule has 1 saturated heterocycles. The largest absolute Gasteiger partial charge is 0.313 e. The summed E-state index contributed by atoms with van der Waals surface area (Å²) in [6, 6.07) is 12.2. The molecule has 1 aliphatic rings. The molecule has 3 aromatic rings. The van der Waals surface area contributed by atoms with E-state index in [9.17, 15) is 13.8 Å². The summed E-state index contributed by atoms with van der Waals surface area (Å²) in [4.78, 5) is 16.6. The van der Waals surface area contributed by atoms with Crippen molar-refractivity contribution in [2.75, 3.05) is 13.2 Å². The number of carbonyl (C=O) groups excluding carboxylic acids is 1. The average molecular weight is 418 g/mol. The van der Waals surface area contributed by atoms with Crippen LogP contribution in [-0.2, 0) is 20.0 Å². The molecule has 0 N–H and O–H groups in total. The lowest BCUT2D eigenvalue weighted by Crippen LogP contribution is -2.23. The minimum Gasteiger partial charge on any atom is -0.313 e. The van der Waals surface area contributed by atoms with Crippen LogP contribution in [0.3, 0.4) is 0 Å². The van der Waals surface area contributed by atoms with Crippen LogP contribution in [0, 0.1) is 5.82 Å². The number of rotatable bonds is 6. The summed E-state index contributed by atoms with van der Waals surface area (Å²) in [7, 11) is -3.23. The maximum atomic E-state index is 13.4. The molecule has 2 aromatic carbocycles. The molecule has 0 radical (unpaired) electrons. The number of aromatic nitrogens is 1. The standard InChI is InChI=1S/C20H20FN2O3PS/c1-2-26-27(25,23-11-3-4-19(23)24)13-14-5-7-15(8-6-14)20-22-17-12-16(21)9-10-18(17)28-20/h5-10,12H,2-4,11,13H2,1H3. The van der Waals surface area contributed by atoms with Crippen LogP contribution in [0.2, 0.25) is 0 Å². The minimum atomic E-state index is -3.23. The van der Waals surface area contributed by atoms with E-state index in [2.05, 4.69) is 4.98 Å². The topological polar surface area (TPSA) is 59.5 Å². The smallest absolute Gasteiger partial charge is 0.302 e. The summed E-state index contributed by atoms with van der Waals surface area (Å²) in [5, 5.41) is 0.801. The molecule has 0 bridgehead atoms. The average Bonchev–Trinajstić information content (AvgIpc) is 3.28. The summed E-state index contributed by atoms with van der Waals surface area (Å²) in [5.74, 6) is -0.405. The molecule has 1 fully saturated rings. The third kappa shape index (κ3) is 3.75. The van der Waals surface area contributed by atoms with Crippen molar-refractivity contribution in [1.29, 1.82) is 0 Å². The van der Waals surface area contributed by atoms with E-state index in [1.54, 1.807) is 13.0 Å². The van der Waals surface area contributed by atoms with Gasteiger partial charge in [0.05, 0.1) is 23.0 Å². The molecule has 1 aromatic heterocycles. The van der Waals surface area contributed by atoms with Gasteiger partial charge in [-0.3, -0.25) is 14.0 Å². The Hall–Kier alpha value is -2.08. The fourth-order valence-electron chi connectivity index (χ4n) is 3.37. The van der Waals surface area contributed by atoms with Gasteiger partial charge in [0.25, 0.3) is 0 Å². The number of nitrogens with zero attached hydrogens (tertiary/aromatic N) is 2. The molecule has 0 spiro atoms. The molecule has 146 valence electrons. The number of amides is 1. The number of hydrogen-bond donors (Lipinski definition) is 0. The molecule has 1 aliphatic heterocycles. The van der Waals surface area contributed by atoms with Crippen LogP contribution in [0.5, 0.6) is 0 Å². The summed E-state index contributed by atoms with van der Waals surface area (Å²) < 4.78 is 34.6. The van der Waals surface area contributed by atoms with E-state index in [1.807, 2.05) is 24.3 Å². The summed E-state index contributed by atoms with van der Waals surface area (Å²) >= 11 is 1.50. The Balaban J connectivity index is 1.58. The van der Waals surface area contributed by atoms with Crippen LogP contribution >= 0.6 is 18.9 Å². The van der Waals surface area contributed by atoms with Gasteiger partial charge >= 0.3 is 7.52 Å². The maximum absolute atomic E-state index is 13.4. The molecule has 0 aliphatic carbocycles. The summed E-state index contributed by atoms with van der Waals surface area (Å²) in [6.45, 7) is 2.56. The maximum Gasteiger partial charge on any atom is 0.302 e. The van der Waals surface area contributed by atoms with Gasteiger partial charge in [-0.15, -0.1) is 11.3 Å². The monoisotopic (exact) mass is 418 g/mol. The van der Waals surface area contributed by atoms with Gasteiger partial charge in [-0.2, -0.15) is 0 Å². The van der Waals surface area contributed by atoms with Gasteiger partial charge in [-0.25, -0.2) is 9.37 Å². The quantitative estimate of drug-likeness (QED) is 0.499. The highest BCUT2D eigenvalue weighted by atomic mass is 32.1. The van der Waals surface area contributed by atoms with Gasteiger partial charge in [0, 0.05) is 24.6 Å². The van der Waals surface area contributed by atoms with E-state index in [1.165, 1.54) is 28.1 Å². The molecular formula is C20H20FN2O3PS. The van der Waals surface area contributed by atoms with E-state index < -0.39 is 7.52 Å². The number of carbonyl (C=O) groups is 1. The van der Waals surface area contributed by atoms with E-state index in [0.29, 0.717) is 31.5 Å². The first kappa shape index (κ1) is 19.2. The predicted octanol–water partition coefficient (Wildman–Crippen LogP) is 5.45. The van der Waals surface area contributed by atoms with Crippen molar-refractivity contribution < 1.29 is 18.3 Å². The fraction of sp³-hybridized carbons (Fsp3) is 0.300. The highest BCUT2D eigenvalue weighted by Crippen LogP contribution is 2.55. The Labute approximate surface area is 166 Å². The summed E-state index contributed by atoms with van der Waals surface area (Å²) in [5.41, 5.74) is 2.39. The third-order valence-electron chi connectivity index (χ3n) is 4.68. The van der Waals surface area contributed by atoms with Gasteiger partial charge in [-0.05, 0) is 31.0 Å². The Morgan fingerprint density at radius 2 is 2.04 bits per heavy atom. The second kappa shape index (κ2) is 7.74. The van der Waals surface area contributed by atoms with Crippen LogP contribution in [-0.4, -0.2) is 28.7 Å². The lowest BCUT2D eigenvalue weighted by atomic mass is 10.2. The Morgan fingerprint density at radius 1 is 1.25 bits per heavy atom. The first-order chi connectivity index (χ1) is 13.5. The van der Waals surface area contributed by atoms with Crippen LogP contribution in [0.15, 0.2) is 42.5 Å². The van der Waals surface area contributed by atoms with Gasteiger partial charge < -0.3 is 4.52 Å². The molecule has 0 saturated carbocycles. The molecule has 28 heavy (non-hydrogen) atoms. The molecule has 4 rings (SSSR count). The molecular weight excluding hydrogens is 398 g/mol. The number of hydrogen-bond acceptors (Lipinski definition) is 5. The zero-order valence-electron chi connectivity index (χ0n) is 15.4. The normalized spacial score (nSPS) is 16.6. The molecule has 8 heteroatoms. The van der Waals surface area contributed by atoms with E-state index in [4.69, 9.17) is 4.52 Å². The number of fused-ring (bicyclic) bond motifs is 1. The predicted molar refractivity (Wildman–Crippen MR) is 109 cm³/mol. The second-order valence-corrected chi connectivity index (χ2v) is 10.0. The number of halogens is 1. The van der Waals surface area contributed by atoms with Crippen molar-refractivity contribution in [2.24, 2.45) is 0 Å². The SMILES string of the molecule is CCOP(=O)(Cc1ccc(-c2nc3cc(F)ccc3s2)cc1)N1CCCC1=O. The molecule has 1 atom stereocenters. The van der Waals surface area contributed by atoms with Crippen molar-refractivity contribution in [1.82, 2.24) is 9.65 Å². The Bertz CT molecular complexity index is 1070. The Kier molecular flexibility index (Phi) is 5.32. The van der Waals surface area contributed by atoms with Gasteiger partial charge in [0.2, 0.25) is 5.91 Å². The lowest BCUT2D eigenvalue weighted by molar-refractivity contribution is -0.124. The zero-order chi connectivity index (χ0) is 19.7. The van der Waals surface area contributed by atoms with Crippen LogP contribution in [0.1, 0.15) is 25.3 Å². The first-order valence-electron chi connectivity index (χ1n) is 9.18. The Morgan fingerprint density at radius 3 is 2.71 bits per heavy atom. The van der Waals surface area contributed by atoms with Crippen LogP contribution in [0.25, 0.3) is 20.8 Å². The summed E-state index contributed by atoms with van der Waals surface area (Å²) in [6.07, 6.45) is 1.33. The molecule has 5 nitrogen and oxygen atoms in total. The number of benzene rings is 2. The minimum absolute atomic E-state index is 0.102. The lowest BCUT2D eigenvalue weighted by Gasteiger charge is -2.27. The first-order valence-corrected chi connectivity index (χ1v) is 11.8. The van der Waals surface area contributed by atoms with Crippen LogP contribution in [0.4, 0.5) is 4.39 Å². The fourth-order valence-corrected chi connectivity index (χ4v) is 6.68. The van der Waals surface area contributed by atoms with Gasteiger partial charge in [-0.1, -0.05) is 24.3 Å². The van der Waals surface area contributed by atoms with E-state index >= 15 is 0 Å². The highest BCUT2D eigenvalue weighted by Gasteiger charge is 2.38. The van der Waals surface area contributed by atoms with Crippen molar-refractivity contribution in [3.8, 4) is 10.6 Å². The van der Waals surface area contributed by atoms with E-state index in [0.717, 1.165) is 20.8 Å². The van der Waals surface area contributed by atoms with Gasteiger partial charge in [0.15, 0.2) is 0 Å². The van der Waals surface area contributed by atoms with Crippen molar-refractivity contribution in [3.05, 3.63) is 53.8 Å². The molecule has 1 unspecified atom stereocenters. The van der Waals surface area contributed by atoms with E-state index in [-0.39, 0.29) is 17.9 Å². The third-order valence-corrected chi connectivity index (χ3v) is 8.35. The second-order valence-electron chi connectivity index (χ2n) is 6.66.